The molecule has 0 rings (SSSR count). The third kappa shape index (κ3) is 5.18. The summed E-state index contributed by atoms with van der Waals surface area (Å²) in [5, 5.41) is -1.43. The van der Waals surface area contributed by atoms with Gasteiger partial charge in [-0.15, -0.1) is 0 Å². The second-order valence-electron chi connectivity index (χ2n) is 4.91. The molecule has 2 heteroatoms. The van der Waals surface area contributed by atoms with E-state index in [9.17, 15) is 0 Å². The minimum atomic E-state index is -1.43. The van der Waals surface area contributed by atoms with Gasteiger partial charge in [0.2, 0.25) is 0 Å². The van der Waals surface area contributed by atoms with E-state index in [1.165, 1.54) is 56.8 Å². The van der Waals surface area contributed by atoms with Crippen LogP contribution in [0.2, 0.25) is 0 Å². The van der Waals surface area contributed by atoms with Gasteiger partial charge in [0.25, 0.3) is 0 Å². The zero-order chi connectivity index (χ0) is 11.8. The molecule has 0 aromatic carbocycles. The first-order valence-electron chi connectivity index (χ1n) is 6.76. The van der Waals surface area contributed by atoms with E-state index >= 15 is 0 Å². The second-order valence-corrected chi connectivity index (χ2v) is 16.9. The molecule has 0 radical (unpaired) electrons. The van der Waals surface area contributed by atoms with Crippen LogP contribution < -0.4 is 0 Å². The molecule has 0 heterocycles. The molecule has 0 bridgehead atoms. The summed E-state index contributed by atoms with van der Waals surface area (Å²) >= 11 is 4.19. The average molecular weight is 297 g/mol. The molecule has 0 aromatic heterocycles. The summed E-state index contributed by atoms with van der Waals surface area (Å²) in [4.78, 5) is 0. The Labute approximate surface area is 105 Å². The van der Waals surface area contributed by atoms with Crippen molar-refractivity contribution in [3.63, 3.8) is 0 Å². The van der Waals surface area contributed by atoms with Gasteiger partial charge in [-0.2, -0.15) is 0 Å². The summed E-state index contributed by atoms with van der Waals surface area (Å²) in [6.07, 6.45) is 12.7. The van der Waals surface area contributed by atoms with Crippen molar-refractivity contribution in [3.05, 3.63) is 0 Å². The van der Waals surface area contributed by atoms with E-state index in [1.54, 1.807) is 0 Å². The van der Waals surface area contributed by atoms with Gasteiger partial charge < -0.3 is 0 Å². The molecule has 0 fully saturated rings. The van der Waals surface area contributed by atoms with Crippen molar-refractivity contribution in [1.82, 2.24) is 0 Å². The Balaban J connectivity index is 3.98. The van der Waals surface area contributed by atoms with Gasteiger partial charge in [-0.25, -0.2) is 0 Å². The molecule has 0 N–H and O–H groups in total. The van der Waals surface area contributed by atoms with Gasteiger partial charge in [0.1, 0.15) is 0 Å². The SMILES string of the molecule is CCCCCCCP(Br)(CC)(CC)CC. The summed E-state index contributed by atoms with van der Waals surface area (Å²) in [5.74, 6) is 0. The predicted octanol–water partition coefficient (Wildman–Crippen LogP) is 5.88. The van der Waals surface area contributed by atoms with Crippen LogP contribution in [-0.4, -0.2) is 24.6 Å². The van der Waals surface area contributed by atoms with Crippen molar-refractivity contribution in [3.8, 4) is 0 Å². The molecule has 0 atom stereocenters. The molecule has 0 aromatic rings. The van der Waals surface area contributed by atoms with Gasteiger partial charge in [0, 0.05) is 0 Å². The van der Waals surface area contributed by atoms with E-state index in [0.29, 0.717) is 0 Å². The van der Waals surface area contributed by atoms with Crippen LogP contribution in [0, 0.1) is 0 Å². The third-order valence-electron chi connectivity index (χ3n) is 4.19. The maximum absolute atomic E-state index is 4.19. The molecule has 0 aliphatic heterocycles. The summed E-state index contributed by atoms with van der Waals surface area (Å²) in [6.45, 7) is 9.43. The maximum atomic E-state index is 4.19. The first-order chi connectivity index (χ1) is 7.04. The zero-order valence-corrected chi connectivity index (χ0v) is 13.7. The summed E-state index contributed by atoms with van der Waals surface area (Å²) in [6, 6.07) is 0. The first kappa shape index (κ1) is 15.9. The van der Waals surface area contributed by atoms with Gasteiger partial charge in [-0.05, 0) is 0 Å². The summed E-state index contributed by atoms with van der Waals surface area (Å²) < 4.78 is 0. The van der Waals surface area contributed by atoms with E-state index in [0.717, 1.165) is 0 Å². The van der Waals surface area contributed by atoms with Crippen molar-refractivity contribution >= 4 is 20.8 Å². The van der Waals surface area contributed by atoms with Crippen LogP contribution in [-0.2, 0) is 0 Å². The predicted molar refractivity (Wildman–Crippen MR) is 81.1 cm³/mol. The van der Waals surface area contributed by atoms with E-state index in [4.69, 9.17) is 0 Å². The van der Waals surface area contributed by atoms with Crippen LogP contribution in [0.5, 0.6) is 0 Å². The molecule has 15 heavy (non-hydrogen) atoms. The van der Waals surface area contributed by atoms with Crippen molar-refractivity contribution in [2.24, 2.45) is 0 Å². The molecule has 0 aliphatic carbocycles. The van der Waals surface area contributed by atoms with Gasteiger partial charge >= 0.3 is 105 Å². The van der Waals surface area contributed by atoms with Gasteiger partial charge in [0.15, 0.2) is 0 Å². The van der Waals surface area contributed by atoms with Crippen LogP contribution in [0.15, 0.2) is 0 Å². The molecule has 0 aliphatic rings. The normalized spacial score (nSPS) is 14.9. The Morgan fingerprint density at radius 3 is 1.60 bits per heavy atom. The minimum absolute atomic E-state index is 1.35. The molecule has 0 unspecified atom stereocenters. The van der Waals surface area contributed by atoms with E-state index in [2.05, 4.69) is 43.2 Å². The van der Waals surface area contributed by atoms with E-state index in [-0.39, 0.29) is 0 Å². The molecule has 0 amide bonds. The van der Waals surface area contributed by atoms with Crippen molar-refractivity contribution in [1.29, 1.82) is 0 Å². The Morgan fingerprint density at radius 2 is 1.20 bits per heavy atom. The fourth-order valence-electron chi connectivity index (χ4n) is 2.26. The van der Waals surface area contributed by atoms with Crippen LogP contribution in [0.25, 0.3) is 0 Å². The second kappa shape index (κ2) is 7.28. The quantitative estimate of drug-likeness (QED) is 0.368. The fraction of sp³-hybridized carbons (Fsp3) is 1.00. The molecule has 0 saturated carbocycles. The summed E-state index contributed by atoms with van der Waals surface area (Å²) in [5.41, 5.74) is 0. The van der Waals surface area contributed by atoms with Crippen LogP contribution >= 0.6 is 20.8 Å². The van der Waals surface area contributed by atoms with Crippen LogP contribution in [0.3, 0.4) is 0 Å². The fourth-order valence-corrected chi connectivity index (χ4v) is 6.31. The number of hydrogen-bond acceptors (Lipinski definition) is 0. The van der Waals surface area contributed by atoms with Gasteiger partial charge in [-0.3, -0.25) is 0 Å². The Hall–Kier alpha value is 0.910. The van der Waals surface area contributed by atoms with Crippen LogP contribution in [0.1, 0.15) is 59.8 Å². The third-order valence-corrected chi connectivity index (χ3v) is 15.9. The molecular formula is C13H30BrP. The van der Waals surface area contributed by atoms with Crippen molar-refractivity contribution in [2.75, 3.05) is 24.6 Å². The standard InChI is InChI=1S/C13H30BrP/c1-5-9-10-11-12-13-15(14,6-2,7-3)8-4/h5-13H2,1-4H3. The number of halogens is 1. The van der Waals surface area contributed by atoms with Crippen LogP contribution in [0.4, 0.5) is 0 Å². The molecular weight excluding hydrogens is 267 g/mol. The van der Waals surface area contributed by atoms with E-state index < -0.39 is 5.31 Å². The Bertz CT molecular complexity index is 153. The number of rotatable bonds is 9. The summed E-state index contributed by atoms with van der Waals surface area (Å²) in [7, 11) is 0. The molecule has 0 spiro atoms. The van der Waals surface area contributed by atoms with Gasteiger partial charge in [0.05, 0.1) is 0 Å². The molecule has 0 saturated heterocycles. The Morgan fingerprint density at radius 1 is 0.733 bits per heavy atom. The van der Waals surface area contributed by atoms with Crippen molar-refractivity contribution < 1.29 is 0 Å². The topological polar surface area (TPSA) is 0 Å². The van der Waals surface area contributed by atoms with Crippen molar-refractivity contribution in [2.45, 2.75) is 59.8 Å². The first-order valence-corrected chi connectivity index (χ1v) is 11.8. The van der Waals surface area contributed by atoms with Gasteiger partial charge in [-0.1, -0.05) is 0 Å². The van der Waals surface area contributed by atoms with E-state index in [1.807, 2.05) is 0 Å². The molecule has 94 valence electrons. The molecule has 0 nitrogen and oxygen atoms in total. The number of hydrogen-bond donors (Lipinski definition) is 0. The monoisotopic (exact) mass is 296 g/mol. The Kier molecular flexibility index (Phi) is 7.72. The number of unbranched alkanes of at least 4 members (excludes halogenated alkanes) is 4. The average Bonchev–Trinajstić information content (AvgIpc) is 2.29. The zero-order valence-electron chi connectivity index (χ0n) is 11.2.